The number of oxazole rings is 1. The van der Waals surface area contributed by atoms with E-state index in [0.29, 0.717) is 29.9 Å². The fourth-order valence-corrected chi connectivity index (χ4v) is 4.95. The van der Waals surface area contributed by atoms with Crippen LogP contribution in [0.2, 0.25) is 0 Å². The molecule has 1 aliphatic heterocycles. The molecule has 0 radical (unpaired) electrons. The summed E-state index contributed by atoms with van der Waals surface area (Å²) in [4.78, 5) is 18.8. The van der Waals surface area contributed by atoms with Gasteiger partial charge in [0.2, 0.25) is 11.8 Å². The van der Waals surface area contributed by atoms with E-state index in [2.05, 4.69) is 22.1 Å². The molecule has 1 aliphatic rings. The van der Waals surface area contributed by atoms with E-state index in [0.717, 1.165) is 37.1 Å². The zero-order valence-corrected chi connectivity index (χ0v) is 18.1. The Morgan fingerprint density at radius 2 is 2.00 bits per heavy atom. The van der Waals surface area contributed by atoms with Gasteiger partial charge in [-0.1, -0.05) is 24.6 Å². The summed E-state index contributed by atoms with van der Waals surface area (Å²) in [6, 6.07) is 7.95. The molecule has 1 fully saturated rings. The molecule has 1 aromatic carbocycles. The Balaban J connectivity index is 1.59. The van der Waals surface area contributed by atoms with Gasteiger partial charge in [0.1, 0.15) is 11.5 Å². The number of sulfone groups is 1. The number of likely N-dealkylation sites (N-methyl/N-ethyl adjacent to an activating group) is 1. The molecular weight excluding hydrogens is 390 g/mol. The van der Waals surface area contributed by atoms with Gasteiger partial charge in [0.25, 0.3) is 0 Å². The lowest BCUT2D eigenvalue weighted by Gasteiger charge is -2.22. The standard InChI is InChI=1S/C21H29N3O4S/c1-4-24-11-5-6-18(24)12-22-20(25)14-29(26,27)13-19-16(3)28-21(23-19)17-9-7-15(2)8-10-17/h7-10,18H,4-6,11-14H2,1-3H3,(H,22,25)/t18-/m1/s1. The molecule has 0 saturated carbocycles. The van der Waals surface area contributed by atoms with Gasteiger partial charge in [-0.25, -0.2) is 13.4 Å². The lowest BCUT2D eigenvalue weighted by molar-refractivity contribution is -0.118. The number of aromatic nitrogens is 1. The van der Waals surface area contributed by atoms with Crippen LogP contribution in [-0.4, -0.2) is 55.6 Å². The number of amides is 1. The van der Waals surface area contributed by atoms with Crippen molar-refractivity contribution in [3.8, 4) is 11.5 Å². The molecule has 1 aromatic heterocycles. The van der Waals surface area contributed by atoms with Gasteiger partial charge in [-0.3, -0.25) is 9.69 Å². The van der Waals surface area contributed by atoms with E-state index in [9.17, 15) is 13.2 Å². The van der Waals surface area contributed by atoms with Crippen LogP contribution in [0.1, 0.15) is 36.8 Å². The predicted octanol–water partition coefficient (Wildman–Crippen LogP) is 2.47. The highest BCUT2D eigenvalue weighted by molar-refractivity contribution is 7.91. The third-order valence-corrected chi connectivity index (χ3v) is 6.75. The number of hydrogen-bond acceptors (Lipinski definition) is 6. The van der Waals surface area contributed by atoms with Crippen LogP contribution in [0, 0.1) is 13.8 Å². The lowest BCUT2D eigenvalue weighted by Crippen LogP contribution is -2.41. The first kappa shape index (κ1) is 21.5. The number of nitrogens with one attached hydrogen (secondary N) is 1. The first-order valence-corrected chi connectivity index (χ1v) is 11.8. The van der Waals surface area contributed by atoms with Crippen molar-refractivity contribution in [1.82, 2.24) is 15.2 Å². The fourth-order valence-electron chi connectivity index (χ4n) is 3.67. The maximum atomic E-state index is 12.5. The zero-order valence-electron chi connectivity index (χ0n) is 17.3. The Morgan fingerprint density at radius 3 is 2.69 bits per heavy atom. The van der Waals surface area contributed by atoms with Crippen molar-refractivity contribution in [2.24, 2.45) is 0 Å². The van der Waals surface area contributed by atoms with Crippen molar-refractivity contribution in [3.05, 3.63) is 41.3 Å². The highest BCUT2D eigenvalue weighted by Gasteiger charge is 2.25. The van der Waals surface area contributed by atoms with E-state index < -0.39 is 21.5 Å². The SMILES string of the molecule is CCN1CCC[C@@H]1CNC(=O)CS(=O)(=O)Cc1nc(-c2ccc(C)cc2)oc1C. The molecule has 0 bridgehead atoms. The van der Waals surface area contributed by atoms with Crippen molar-refractivity contribution in [1.29, 1.82) is 0 Å². The Hall–Kier alpha value is -2.19. The largest absolute Gasteiger partial charge is 0.441 e. The number of nitrogens with zero attached hydrogens (tertiary/aromatic N) is 2. The Kier molecular flexibility index (Phi) is 6.74. The highest BCUT2D eigenvalue weighted by atomic mass is 32.2. The van der Waals surface area contributed by atoms with Gasteiger partial charge in [-0.15, -0.1) is 0 Å². The fraction of sp³-hybridized carbons (Fsp3) is 0.524. The number of aryl methyl sites for hydroxylation is 2. The van der Waals surface area contributed by atoms with Crippen molar-refractivity contribution in [3.63, 3.8) is 0 Å². The maximum Gasteiger partial charge on any atom is 0.235 e. The Bertz CT molecular complexity index is 951. The van der Waals surface area contributed by atoms with E-state index in [1.165, 1.54) is 0 Å². The van der Waals surface area contributed by atoms with E-state index in [1.807, 2.05) is 31.2 Å². The van der Waals surface area contributed by atoms with Crippen LogP contribution < -0.4 is 5.32 Å². The van der Waals surface area contributed by atoms with Gasteiger partial charge in [-0.05, 0) is 51.9 Å². The Labute approximate surface area is 172 Å². The van der Waals surface area contributed by atoms with Crippen LogP contribution in [0.25, 0.3) is 11.5 Å². The lowest BCUT2D eigenvalue weighted by atomic mass is 10.1. The molecule has 1 amide bonds. The van der Waals surface area contributed by atoms with Crippen molar-refractivity contribution in [2.45, 2.75) is 45.4 Å². The molecule has 0 spiro atoms. The molecule has 8 heteroatoms. The normalized spacial score (nSPS) is 17.6. The van der Waals surface area contributed by atoms with Crippen LogP contribution in [-0.2, 0) is 20.4 Å². The van der Waals surface area contributed by atoms with Crippen LogP contribution >= 0.6 is 0 Å². The number of carbonyl (C=O) groups excluding carboxylic acids is 1. The summed E-state index contributed by atoms with van der Waals surface area (Å²) in [5, 5.41) is 2.78. The maximum absolute atomic E-state index is 12.5. The minimum Gasteiger partial charge on any atom is -0.441 e. The molecular formula is C21H29N3O4S. The van der Waals surface area contributed by atoms with Gasteiger partial charge in [0.15, 0.2) is 9.84 Å². The van der Waals surface area contributed by atoms with Crippen LogP contribution in [0.4, 0.5) is 0 Å². The molecule has 0 unspecified atom stereocenters. The Morgan fingerprint density at radius 1 is 1.28 bits per heavy atom. The average Bonchev–Trinajstić information content (AvgIpc) is 3.26. The number of rotatable bonds is 8. The third-order valence-electron chi connectivity index (χ3n) is 5.34. The monoisotopic (exact) mass is 419 g/mol. The molecule has 1 N–H and O–H groups in total. The molecule has 2 heterocycles. The molecule has 158 valence electrons. The summed E-state index contributed by atoms with van der Waals surface area (Å²) in [5.74, 6) is -0.482. The second-order valence-electron chi connectivity index (χ2n) is 7.65. The molecule has 1 saturated heterocycles. The van der Waals surface area contributed by atoms with Crippen molar-refractivity contribution < 1.29 is 17.6 Å². The number of likely N-dealkylation sites (tertiary alicyclic amines) is 1. The summed E-state index contributed by atoms with van der Waals surface area (Å²) >= 11 is 0. The second kappa shape index (κ2) is 9.09. The van der Waals surface area contributed by atoms with Gasteiger partial charge >= 0.3 is 0 Å². The zero-order chi connectivity index (χ0) is 21.0. The number of hydrogen-bond donors (Lipinski definition) is 1. The second-order valence-corrected chi connectivity index (χ2v) is 9.71. The molecule has 29 heavy (non-hydrogen) atoms. The first-order valence-electron chi connectivity index (χ1n) is 10.0. The number of benzene rings is 1. The van der Waals surface area contributed by atoms with Gasteiger partial charge < -0.3 is 9.73 Å². The number of carbonyl (C=O) groups is 1. The van der Waals surface area contributed by atoms with E-state index in [-0.39, 0.29) is 5.75 Å². The van der Waals surface area contributed by atoms with Gasteiger partial charge in [-0.2, -0.15) is 0 Å². The quantitative estimate of drug-likeness (QED) is 0.707. The van der Waals surface area contributed by atoms with Gasteiger partial charge in [0.05, 0.1) is 11.4 Å². The minimum absolute atomic E-state index is 0.293. The summed E-state index contributed by atoms with van der Waals surface area (Å²) in [5.41, 5.74) is 2.25. The summed E-state index contributed by atoms with van der Waals surface area (Å²) < 4.78 is 30.7. The average molecular weight is 420 g/mol. The summed E-state index contributed by atoms with van der Waals surface area (Å²) in [7, 11) is -3.64. The highest BCUT2D eigenvalue weighted by Crippen LogP contribution is 2.23. The summed E-state index contributed by atoms with van der Waals surface area (Å²) in [6.07, 6.45) is 2.14. The smallest absolute Gasteiger partial charge is 0.235 e. The predicted molar refractivity (Wildman–Crippen MR) is 112 cm³/mol. The molecule has 2 aromatic rings. The minimum atomic E-state index is -3.64. The van der Waals surface area contributed by atoms with Gasteiger partial charge in [0, 0.05) is 18.2 Å². The van der Waals surface area contributed by atoms with Crippen molar-refractivity contribution >= 4 is 15.7 Å². The van der Waals surface area contributed by atoms with E-state index in [4.69, 9.17) is 4.42 Å². The molecule has 7 nitrogen and oxygen atoms in total. The molecule has 0 aliphatic carbocycles. The van der Waals surface area contributed by atoms with Crippen molar-refractivity contribution in [2.75, 3.05) is 25.4 Å². The topological polar surface area (TPSA) is 92.5 Å². The molecule has 1 atom stereocenters. The van der Waals surface area contributed by atoms with Crippen LogP contribution in [0.3, 0.4) is 0 Å². The van der Waals surface area contributed by atoms with Crippen LogP contribution in [0.5, 0.6) is 0 Å². The summed E-state index contributed by atoms with van der Waals surface area (Å²) in [6.45, 7) is 8.23. The van der Waals surface area contributed by atoms with Crippen LogP contribution in [0.15, 0.2) is 28.7 Å². The van der Waals surface area contributed by atoms with E-state index in [1.54, 1.807) is 6.92 Å². The first-order chi connectivity index (χ1) is 13.8. The molecule has 3 rings (SSSR count). The van der Waals surface area contributed by atoms with E-state index >= 15 is 0 Å². The third kappa shape index (κ3) is 5.67.